The molecule has 3 rings (SSSR count). The fraction of sp³-hybridized carbons (Fsp3) is 0.214. The maximum absolute atomic E-state index is 11.8. The van der Waals surface area contributed by atoms with E-state index in [1.54, 1.807) is 0 Å². The third-order valence-electron chi connectivity index (χ3n) is 3.17. The normalized spacial score (nSPS) is 19.3. The highest BCUT2D eigenvalue weighted by atomic mass is 16.1. The monoisotopic (exact) mass is 211 g/mol. The number of carbonyl (C=O) groups is 1. The molecule has 0 spiro atoms. The van der Waals surface area contributed by atoms with Gasteiger partial charge in [-0.25, -0.2) is 0 Å². The van der Waals surface area contributed by atoms with Crippen LogP contribution < -0.4 is 5.32 Å². The van der Waals surface area contributed by atoms with Crippen molar-refractivity contribution in [2.75, 3.05) is 0 Å². The zero-order valence-corrected chi connectivity index (χ0v) is 9.16. The van der Waals surface area contributed by atoms with Crippen LogP contribution in [-0.4, -0.2) is 11.9 Å². The number of nitrogens with one attached hydrogen (secondary N) is 1. The minimum Gasteiger partial charge on any atom is -0.349 e. The molecule has 0 saturated heterocycles. The van der Waals surface area contributed by atoms with Crippen LogP contribution in [0.15, 0.2) is 36.4 Å². The summed E-state index contributed by atoms with van der Waals surface area (Å²) in [5.74, 6) is 0.0551. The predicted octanol–water partition coefficient (Wildman–Crippen LogP) is 2.51. The summed E-state index contributed by atoms with van der Waals surface area (Å²) in [4.78, 5) is 11.8. The van der Waals surface area contributed by atoms with Crippen molar-refractivity contribution in [2.45, 2.75) is 19.4 Å². The summed E-state index contributed by atoms with van der Waals surface area (Å²) in [7, 11) is 0. The van der Waals surface area contributed by atoms with Gasteiger partial charge in [-0.2, -0.15) is 0 Å². The van der Waals surface area contributed by atoms with E-state index in [1.807, 2.05) is 31.2 Å². The van der Waals surface area contributed by atoms with E-state index in [2.05, 4.69) is 17.4 Å². The Morgan fingerprint density at radius 2 is 2.00 bits per heavy atom. The lowest BCUT2D eigenvalue weighted by molar-refractivity contribution is 0.0929. The smallest absolute Gasteiger partial charge is 0.251 e. The van der Waals surface area contributed by atoms with E-state index in [-0.39, 0.29) is 11.9 Å². The summed E-state index contributed by atoms with van der Waals surface area (Å²) in [6.07, 6.45) is 0.919. The van der Waals surface area contributed by atoms with Gasteiger partial charge in [0.15, 0.2) is 0 Å². The first-order valence-electron chi connectivity index (χ1n) is 5.57. The van der Waals surface area contributed by atoms with Crippen LogP contribution in [0.25, 0.3) is 10.8 Å². The van der Waals surface area contributed by atoms with E-state index in [9.17, 15) is 4.79 Å². The summed E-state index contributed by atoms with van der Waals surface area (Å²) in [6, 6.07) is 12.4. The van der Waals surface area contributed by atoms with E-state index >= 15 is 0 Å². The van der Waals surface area contributed by atoms with Crippen molar-refractivity contribution in [3.05, 3.63) is 47.5 Å². The van der Waals surface area contributed by atoms with Crippen LogP contribution in [0.5, 0.6) is 0 Å². The molecular formula is C14H13NO. The number of benzene rings is 2. The first kappa shape index (κ1) is 9.40. The first-order chi connectivity index (χ1) is 7.75. The molecule has 1 aliphatic rings. The van der Waals surface area contributed by atoms with Gasteiger partial charge in [-0.05, 0) is 35.7 Å². The van der Waals surface area contributed by atoms with Crippen LogP contribution in [0, 0.1) is 0 Å². The molecule has 80 valence electrons. The fourth-order valence-corrected chi connectivity index (χ4v) is 2.43. The molecule has 0 aliphatic carbocycles. The molecule has 2 aromatic rings. The predicted molar refractivity (Wildman–Crippen MR) is 64.6 cm³/mol. The number of carbonyl (C=O) groups excluding carboxylic acids is 1. The van der Waals surface area contributed by atoms with Crippen LogP contribution in [0.3, 0.4) is 0 Å². The quantitative estimate of drug-likeness (QED) is 0.712. The lowest BCUT2D eigenvalue weighted by Crippen LogP contribution is -2.39. The highest BCUT2D eigenvalue weighted by molar-refractivity contribution is 6.02. The molecule has 1 heterocycles. The summed E-state index contributed by atoms with van der Waals surface area (Å²) < 4.78 is 0. The first-order valence-corrected chi connectivity index (χ1v) is 5.57. The van der Waals surface area contributed by atoms with Gasteiger partial charge in [-0.3, -0.25) is 4.79 Å². The Hall–Kier alpha value is -1.83. The molecule has 1 unspecified atom stereocenters. The summed E-state index contributed by atoms with van der Waals surface area (Å²) in [5, 5.41) is 5.38. The van der Waals surface area contributed by atoms with Crippen LogP contribution in [0.2, 0.25) is 0 Å². The number of fused-ring (bicyclic) bond motifs is 3. The van der Waals surface area contributed by atoms with Crippen molar-refractivity contribution in [3.8, 4) is 0 Å². The summed E-state index contributed by atoms with van der Waals surface area (Å²) >= 11 is 0. The molecule has 1 amide bonds. The van der Waals surface area contributed by atoms with E-state index in [0.29, 0.717) is 0 Å². The number of rotatable bonds is 0. The lowest BCUT2D eigenvalue weighted by Gasteiger charge is -2.23. The van der Waals surface area contributed by atoms with Gasteiger partial charge in [0.1, 0.15) is 0 Å². The van der Waals surface area contributed by atoms with Crippen LogP contribution in [-0.2, 0) is 6.42 Å². The molecule has 2 nitrogen and oxygen atoms in total. The Bertz CT molecular complexity index is 574. The summed E-state index contributed by atoms with van der Waals surface area (Å²) in [6.45, 7) is 2.04. The van der Waals surface area contributed by atoms with Gasteiger partial charge < -0.3 is 5.32 Å². The standard InChI is InChI=1S/C14H13NO/c1-9-8-13-11-5-3-2-4-10(11)6-7-12(13)14(16)15-9/h2-7,9H,8H2,1H3,(H,15,16). The van der Waals surface area contributed by atoms with Gasteiger partial charge in [0.05, 0.1) is 0 Å². The minimum absolute atomic E-state index is 0.0551. The maximum atomic E-state index is 11.8. The maximum Gasteiger partial charge on any atom is 0.251 e. The average Bonchev–Trinajstić information content (AvgIpc) is 2.28. The molecule has 1 N–H and O–H groups in total. The van der Waals surface area contributed by atoms with Crippen molar-refractivity contribution >= 4 is 16.7 Å². The van der Waals surface area contributed by atoms with Crippen molar-refractivity contribution < 1.29 is 4.79 Å². The minimum atomic E-state index is 0.0551. The molecule has 0 saturated carbocycles. The van der Waals surface area contributed by atoms with Crippen molar-refractivity contribution in [1.82, 2.24) is 5.32 Å². The number of amides is 1. The van der Waals surface area contributed by atoms with Crippen LogP contribution in [0.1, 0.15) is 22.8 Å². The Balaban J connectivity index is 2.33. The van der Waals surface area contributed by atoms with Crippen molar-refractivity contribution in [2.24, 2.45) is 0 Å². The summed E-state index contributed by atoms with van der Waals surface area (Å²) in [5.41, 5.74) is 2.02. The van der Waals surface area contributed by atoms with Crippen molar-refractivity contribution in [3.63, 3.8) is 0 Å². The molecule has 1 aliphatic heterocycles. The molecule has 16 heavy (non-hydrogen) atoms. The fourth-order valence-electron chi connectivity index (χ4n) is 2.43. The molecule has 0 radical (unpaired) electrons. The Morgan fingerprint density at radius 1 is 1.19 bits per heavy atom. The van der Waals surface area contributed by atoms with Crippen LogP contribution in [0.4, 0.5) is 0 Å². The number of hydrogen-bond acceptors (Lipinski definition) is 1. The third kappa shape index (κ3) is 1.30. The van der Waals surface area contributed by atoms with E-state index in [4.69, 9.17) is 0 Å². The van der Waals surface area contributed by atoms with Gasteiger partial charge in [-0.1, -0.05) is 30.3 Å². The Kier molecular flexibility index (Phi) is 1.96. The molecule has 1 atom stereocenters. The third-order valence-corrected chi connectivity index (χ3v) is 3.17. The second-order valence-corrected chi connectivity index (χ2v) is 4.39. The highest BCUT2D eigenvalue weighted by Crippen LogP contribution is 2.26. The molecular weight excluding hydrogens is 198 g/mol. The topological polar surface area (TPSA) is 29.1 Å². The average molecular weight is 211 g/mol. The van der Waals surface area contributed by atoms with E-state index in [0.717, 1.165) is 12.0 Å². The zero-order valence-electron chi connectivity index (χ0n) is 9.16. The molecule has 0 bridgehead atoms. The van der Waals surface area contributed by atoms with Crippen molar-refractivity contribution in [1.29, 1.82) is 0 Å². The lowest BCUT2D eigenvalue weighted by atomic mass is 9.91. The number of hydrogen-bond donors (Lipinski definition) is 1. The SMILES string of the molecule is CC1Cc2c(ccc3ccccc23)C(=O)N1. The van der Waals surface area contributed by atoms with Crippen LogP contribution >= 0.6 is 0 Å². The van der Waals surface area contributed by atoms with Gasteiger partial charge in [0.25, 0.3) is 5.91 Å². The van der Waals surface area contributed by atoms with E-state index < -0.39 is 0 Å². The Labute approximate surface area is 94.3 Å². The highest BCUT2D eigenvalue weighted by Gasteiger charge is 2.22. The van der Waals surface area contributed by atoms with Gasteiger partial charge >= 0.3 is 0 Å². The van der Waals surface area contributed by atoms with E-state index in [1.165, 1.54) is 16.3 Å². The Morgan fingerprint density at radius 3 is 2.88 bits per heavy atom. The largest absolute Gasteiger partial charge is 0.349 e. The van der Waals surface area contributed by atoms with Gasteiger partial charge in [0.2, 0.25) is 0 Å². The second-order valence-electron chi connectivity index (χ2n) is 4.39. The molecule has 2 aromatic carbocycles. The molecule has 0 fully saturated rings. The van der Waals surface area contributed by atoms with Gasteiger partial charge in [-0.15, -0.1) is 0 Å². The molecule has 2 heteroatoms. The molecule has 0 aromatic heterocycles. The zero-order chi connectivity index (χ0) is 11.1. The van der Waals surface area contributed by atoms with Gasteiger partial charge in [0, 0.05) is 11.6 Å². The second kappa shape index (κ2) is 3.34.